The topological polar surface area (TPSA) is 130 Å². The highest BCUT2D eigenvalue weighted by Crippen LogP contribution is 2.24. The zero-order chi connectivity index (χ0) is 32.4. The Kier molecular flexibility index (Phi) is 14.9. The molecule has 0 aromatic carbocycles. The molecule has 250 valence electrons. The Morgan fingerprint density at radius 2 is 1.70 bits per heavy atom. The molecule has 0 atom stereocenters. The fourth-order valence-electron chi connectivity index (χ4n) is 5.64. The first kappa shape index (κ1) is 35.0. The second kappa shape index (κ2) is 19.6. The second-order valence-corrected chi connectivity index (χ2v) is 11.8. The SMILES string of the molecule is CCCOCCOCCC(=O)N1CCN(c2ccc(C(=O)N3CCC(CCCCNC(=O)/C=C/c4cccnc4)CC3)nn2)CC1. The van der Waals surface area contributed by atoms with Gasteiger partial charge >= 0.3 is 0 Å². The summed E-state index contributed by atoms with van der Waals surface area (Å²) in [6.07, 6.45) is 13.1. The van der Waals surface area contributed by atoms with E-state index in [9.17, 15) is 14.4 Å². The lowest BCUT2D eigenvalue weighted by atomic mass is 9.91. The number of rotatable bonds is 17. The Hall–Kier alpha value is -3.90. The van der Waals surface area contributed by atoms with Crippen LogP contribution in [0.15, 0.2) is 42.7 Å². The Morgan fingerprint density at radius 1 is 0.913 bits per heavy atom. The number of hydrogen-bond acceptors (Lipinski definition) is 9. The molecule has 12 heteroatoms. The van der Waals surface area contributed by atoms with Crippen molar-refractivity contribution in [3.05, 3.63) is 54.0 Å². The summed E-state index contributed by atoms with van der Waals surface area (Å²) < 4.78 is 10.9. The molecule has 12 nitrogen and oxygen atoms in total. The predicted octanol–water partition coefficient (Wildman–Crippen LogP) is 3.21. The Morgan fingerprint density at radius 3 is 2.39 bits per heavy atom. The number of ether oxygens (including phenoxy) is 2. The molecule has 0 saturated carbocycles. The minimum absolute atomic E-state index is 0.0749. The van der Waals surface area contributed by atoms with Gasteiger partial charge in [-0.2, -0.15) is 0 Å². The molecule has 2 aliphatic heterocycles. The third-order valence-corrected chi connectivity index (χ3v) is 8.36. The number of carbonyl (C=O) groups excluding carboxylic acids is 3. The summed E-state index contributed by atoms with van der Waals surface area (Å²) >= 11 is 0. The number of nitrogens with zero attached hydrogens (tertiary/aromatic N) is 6. The van der Waals surface area contributed by atoms with Crippen LogP contribution in [0.25, 0.3) is 6.08 Å². The number of unbranched alkanes of at least 4 members (excludes halogenated alkanes) is 1. The standard InChI is InChI=1S/C34H49N7O5/c1-2-23-45-25-26-46-24-14-33(43)40-21-19-39(20-22-40)31-10-9-30(37-38-31)34(44)41-17-12-28(13-18-41)6-3-4-16-36-32(42)11-8-29-7-5-15-35-27-29/h5,7-11,15,27-28H,2-4,6,12-14,16-26H2,1H3,(H,36,42)/b11-8+. The summed E-state index contributed by atoms with van der Waals surface area (Å²) in [5, 5.41) is 11.5. The Labute approximate surface area is 272 Å². The largest absolute Gasteiger partial charge is 0.379 e. The smallest absolute Gasteiger partial charge is 0.274 e. The quantitative estimate of drug-likeness (QED) is 0.206. The molecule has 0 aliphatic carbocycles. The van der Waals surface area contributed by atoms with Gasteiger partial charge in [-0.05, 0) is 61.4 Å². The number of hydrogen-bond donors (Lipinski definition) is 1. The van der Waals surface area contributed by atoms with Gasteiger partial charge in [0.2, 0.25) is 11.8 Å². The maximum atomic E-state index is 13.1. The molecule has 2 aromatic rings. The molecule has 2 aliphatic rings. The van der Waals surface area contributed by atoms with Crippen molar-refractivity contribution in [2.75, 3.05) is 77.1 Å². The van der Waals surface area contributed by atoms with E-state index in [1.165, 1.54) is 0 Å². The van der Waals surface area contributed by atoms with Crippen LogP contribution >= 0.6 is 0 Å². The minimum Gasteiger partial charge on any atom is -0.379 e. The second-order valence-electron chi connectivity index (χ2n) is 11.8. The van der Waals surface area contributed by atoms with Gasteiger partial charge in [-0.3, -0.25) is 19.4 Å². The zero-order valence-electron chi connectivity index (χ0n) is 27.1. The zero-order valence-corrected chi connectivity index (χ0v) is 27.1. The van der Waals surface area contributed by atoms with Crippen LogP contribution in [-0.2, 0) is 19.1 Å². The van der Waals surface area contributed by atoms with Gasteiger partial charge < -0.3 is 29.5 Å². The predicted molar refractivity (Wildman–Crippen MR) is 176 cm³/mol. The number of likely N-dealkylation sites (tertiary alicyclic amines) is 1. The fraction of sp³-hybridized carbons (Fsp3) is 0.588. The van der Waals surface area contributed by atoms with Crippen molar-refractivity contribution in [2.45, 2.75) is 51.9 Å². The molecule has 1 N–H and O–H groups in total. The summed E-state index contributed by atoms with van der Waals surface area (Å²) in [6, 6.07) is 7.36. The third-order valence-electron chi connectivity index (χ3n) is 8.36. The van der Waals surface area contributed by atoms with E-state index in [-0.39, 0.29) is 17.7 Å². The molecular weight excluding hydrogens is 586 g/mol. The lowest BCUT2D eigenvalue weighted by molar-refractivity contribution is -0.132. The van der Waals surface area contributed by atoms with Crippen molar-refractivity contribution in [1.29, 1.82) is 0 Å². The molecule has 0 spiro atoms. The molecule has 2 fully saturated rings. The number of amides is 3. The monoisotopic (exact) mass is 635 g/mol. The van der Waals surface area contributed by atoms with Gasteiger partial charge in [0.1, 0.15) is 0 Å². The van der Waals surface area contributed by atoms with Gasteiger partial charge in [-0.15, -0.1) is 10.2 Å². The molecular formula is C34H49N7O5. The molecule has 3 amide bonds. The summed E-state index contributed by atoms with van der Waals surface area (Å²) in [5.41, 5.74) is 1.26. The van der Waals surface area contributed by atoms with Crippen LogP contribution in [0.1, 0.15) is 67.9 Å². The van der Waals surface area contributed by atoms with Crippen LogP contribution in [0, 0.1) is 5.92 Å². The average Bonchev–Trinajstić information content (AvgIpc) is 3.10. The number of piperazine rings is 1. The van der Waals surface area contributed by atoms with E-state index < -0.39 is 0 Å². The van der Waals surface area contributed by atoms with Crippen molar-refractivity contribution >= 4 is 29.6 Å². The number of carbonyl (C=O) groups is 3. The molecule has 46 heavy (non-hydrogen) atoms. The first-order valence-electron chi connectivity index (χ1n) is 16.7. The lowest BCUT2D eigenvalue weighted by Gasteiger charge is -2.35. The van der Waals surface area contributed by atoms with Gasteiger partial charge in [0.05, 0.1) is 26.2 Å². The normalized spacial score (nSPS) is 15.8. The maximum Gasteiger partial charge on any atom is 0.274 e. The number of aromatic nitrogens is 3. The molecule has 0 unspecified atom stereocenters. The summed E-state index contributed by atoms with van der Waals surface area (Å²) in [4.78, 5) is 47.5. The van der Waals surface area contributed by atoms with Gasteiger partial charge in [0.15, 0.2) is 11.5 Å². The van der Waals surface area contributed by atoms with Crippen LogP contribution in [0.5, 0.6) is 0 Å². The van der Waals surface area contributed by atoms with Crippen LogP contribution in [0.4, 0.5) is 5.82 Å². The number of piperidine rings is 1. The fourth-order valence-corrected chi connectivity index (χ4v) is 5.64. The Balaban J connectivity index is 1.07. The molecule has 4 rings (SSSR count). The van der Waals surface area contributed by atoms with Crippen molar-refractivity contribution < 1.29 is 23.9 Å². The van der Waals surface area contributed by atoms with Gasteiger partial charge in [-0.1, -0.05) is 25.8 Å². The van der Waals surface area contributed by atoms with Crippen LogP contribution in [0.2, 0.25) is 0 Å². The number of nitrogens with one attached hydrogen (secondary N) is 1. The lowest BCUT2D eigenvalue weighted by Crippen LogP contribution is -2.49. The maximum absolute atomic E-state index is 13.1. The Bertz CT molecular complexity index is 1230. The highest BCUT2D eigenvalue weighted by molar-refractivity contribution is 5.92. The first-order chi connectivity index (χ1) is 22.5. The first-order valence-corrected chi connectivity index (χ1v) is 16.7. The number of pyridine rings is 1. The van der Waals surface area contributed by atoms with E-state index in [0.717, 1.165) is 69.6 Å². The van der Waals surface area contributed by atoms with Crippen LogP contribution in [0.3, 0.4) is 0 Å². The third kappa shape index (κ3) is 11.8. The highest BCUT2D eigenvalue weighted by Gasteiger charge is 2.26. The summed E-state index contributed by atoms with van der Waals surface area (Å²) in [5.74, 6) is 1.23. The van der Waals surface area contributed by atoms with Crippen molar-refractivity contribution in [3.63, 3.8) is 0 Å². The van der Waals surface area contributed by atoms with E-state index in [1.54, 1.807) is 30.6 Å². The molecule has 0 bridgehead atoms. The van der Waals surface area contributed by atoms with Crippen molar-refractivity contribution in [1.82, 2.24) is 30.3 Å². The van der Waals surface area contributed by atoms with Crippen molar-refractivity contribution in [3.8, 4) is 0 Å². The van der Waals surface area contributed by atoms with E-state index in [4.69, 9.17) is 9.47 Å². The summed E-state index contributed by atoms with van der Waals surface area (Å²) in [6.45, 7) is 8.93. The van der Waals surface area contributed by atoms with Crippen molar-refractivity contribution in [2.24, 2.45) is 5.92 Å². The molecule has 0 radical (unpaired) electrons. The van der Waals surface area contributed by atoms with Gasteiger partial charge in [-0.25, -0.2) is 0 Å². The van der Waals surface area contributed by atoms with Gasteiger partial charge in [0, 0.05) is 70.9 Å². The van der Waals surface area contributed by atoms with Crippen LogP contribution < -0.4 is 10.2 Å². The highest BCUT2D eigenvalue weighted by atomic mass is 16.5. The molecule has 4 heterocycles. The van der Waals surface area contributed by atoms with Crippen LogP contribution in [-0.4, -0.2) is 115 Å². The summed E-state index contributed by atoms with van der Waals surface area (Å²) in [7, 11) is 0. The van der Waals surface area contributed by atoms with E-state index in [1.807, 2.05) is 28.0 Å². The van der Waals surface area contributed by atoms with E-state index in [2.05, 4.69) is 32.3 Å². The molecule has 2 aromatic heterocycles. The molecule has 2 saturated heterocycles. The van der Waals surface area contributed by atoms with E-state index in [0.29, 0.717) is 70.6 Å². The van der Waals surface area contributed by atoms with E-state index >= 15 is 0 Å². The average molecular weight is 636 g/mol. The number of anilines is 1. The van der Waals surface area contributed by atoms with Gasteiger partial charge in [0.25, 0.3) is 5.91 Å². The minimum atomic E-state index is -0.0945.